The fraction of sp³-hybridized carbons (Fsp3) is 0.370. The third kappa shape index (κ3) is 10.4. The van der Waals surface area contributed by atoms with Gasteiger partial charge in [-0.3, -0.25) is 0 Å². The van der Waals surface area contributed by atoms with E-state index in [9.17, 15) is 26.7 Å². The number of rotatable bonds is 8. The lowest BCUT2D eigenvalue weighted by molar-refractivity contribution is -0.137. The molecule has 4 nitrogen and oxygen atoms in total. The van der Waals surface area contributed by atoms with Gasteiger partial charge in [0.15, 0.2) is 0 Å². The first kappa shape index (κ1) is 32.0. The van der Waals surface area contributed by atoms with Crippen molar-refractivity contribution in [1.82, 2.24) is 10.6 Å². The largest absolute Gasteiger partial charge is 0.416 e. The number of anilines is 1. The number of nitrogens with one attached hydrogen (secondary N) is 3. The molecule has 0 saturated carbocycles. The van der Waals surface area contributed by atoms with E-state index in [1.54, 1.807) is 13.0 Å². The minimum absolute atomic E-state index is 0.113. The molecule has 0 bridgehead atoms. The Morgan fingerprint density at radius 1 is 1.03 bits per heavy atom. The minimum Gasteiger partial charge on any atom is -0.390 e. The Balaban J connectivity index is 0.00000217. The highest BCUT2D eigenvalue weighted by molar-refractivity contribution is 6.31. The molecule has 0 aliphatic rings. The topological polar surface area (TPSA) is 53.2 Å². The van der Waals surface area contributed by atoms with Crippen molar-refractivity contribution in [1.29, 1.82) is 0 Å². The summed E-state index contributed by atoms with van der Waals surface area (Å²) in [6, 6.07) is 6.37. The predicted molar refractivity (Wildman–Crippen MR) is 139 cm³/mol. The highest BCUT2D eigenvalue weighted by atomic mass is 35.5. The number of urea groups is 1. The van der Waals surface area contributed by atoms with Gasteiger partial charge in [-0.05, 0) is 61.9 Å². The Hall–Kier alpha value is -3.07. The van der Waals surface area contributed by atoms with Crippen LogP contribution in [0.1, 0.15) is 52.2 Å². The number of hydrogen-bond donors (Lipinski definition) is 3. The van der Waals surface area contributed by atoms with Crippen LogP contribution in [-0.4, -0.2) is 12.6 Å². The fourth-order valence-corrected chi connectivity index (χ4v) is 3.29. The van der Waals surface area contributed by atoms with E-state index < -0.39 is 40.9 Å². The maximum atomic E-state index is 14.2. The first-order chi connectivity index (χ1) is 17.3. The normalized spacial score (nSPS) is 14.3. The zero-order chi connectivity index (χ0) is 28.2. The van der Waals surface area contributed by atoms with E-state index >= 15 is 0 Å². The smallest absolute Gasteiger partial charge is 0.390 e. The van der Waals surface area contributed by atoms with E-state index in [1.165, 1.54) is 43.8 Å². The first-order valence-electron chi connectivity index (χ1n) is 11.8. The van der Waals surface area contributed by atoms with Gasteiger partial charge in [-0.15, -0.1) is 0 Å². The molecule has 0 fully saturated rings. The zero-order valence-electron chi connectivity index (χ0n) is 21.4. The Morgan fingerprint density at radius 2 is 1.65 bits per heavy atom. The number of allylic oxidation sites excluding steroid dienone is 2. The molecule has 0 aromatic heterocycles. The van der Waals surface area contributed by atoms with Crippen LogP contribution in [0.3, 0.4) is 0 Å². The van der Waals surface area contributed by atoms with Crippen molar-refractivity contribution in [2.24, 2.45) is 5.92 Å². The number of alkyl halides is 3. The van der Waals surface area contributed by atoms with Gasteiger partial charge in [0.05, 0.1) is 16.1 Å². The van der Waals surface area contributed by atoms with Gasteiger partial charge in [-0.2, -0.15) is 13.2 Å². The van der Waals surface area contributed by atoms with E-state index in [1.807, 2.05) is 6.92 Å². The maximum absolute atomic E-state index is 14.2. The standard InChI is InChI=1S/C24H25ClF5N3O.C3H8/c1-4-31-14-18(25)9-8-15(2)23(3,16-10-17(24(28,29)30)12-20(27)11-16)33-22(34)32-21-7-5-6-19(26)13-21;1-3-2/h5-15,31H,4H2,1-3H3,(H2,32,33,34);3H2,1-2H3/b9-8-,18-14+;/t15?,23-;/m1./s1. The second-order valence-corrected chi connectivity index (χ2v) is 8.90. The van der Waals surface area contributed by atoms with Gasteiger partial charge >= 0.3 is 12.2 Å². The minimum atomic E-state index is -4.79. The lowest BCUT2D eigenvalue weighted by atomic mass is 9.79. The van der Waals surface area contributed by atoms with E-state index in [0.717, 1.165) is 18.2 Å². The van der Waals surface area contributed by atoms with Crippen LogP contribution in [-0.2, 0) is 11.7 Å². The molecule has 0 radical (unpaired) electrons. The summed E-state index contributed by atoms with van der Waals surface area (Å²) >= 11 is 6.11. The summed E-state index contributed by atoms with van der Waals surface area (Å²) in [4.78, 5) is 12.7. The molecule has 204 valence electrons. The van der Waals surface area contributed by atoms with Crippen molar-refractivity contribution >= 4 is 23.3 Å². The van der Waals surface area contributed by atoms with Crippen LogP contribution in [0.5, 0.6) is 0 Å². The van der Waals surface area contributed by atoms with Gasteiger partial charge in [-0.25, -0.2) is 13.6 Å². The number of halogens is 6. The summed E-state index contributed by atoms with van der Waals surface area (Å²) < 4.78 is 67.7. The molecule has 0 saturated heterocycles. The van der Waals surface area contributed by atoms with Crippen molar-refractivity contribution in [2.75, 3.05) is 11.9 Å². The van der Waals surface area contributed by atoms with Crippen molar-refractivity contribution in [3.8, 4) is 0 Å². The fourth-order valence-electron chi connectivity index (χ4n) is 3.14. The summed E-state index contributed by atoms with van der Waals surface area (Å²) in [5.74, 6) is -2.35. The molecule has 1 unspecified atom stereocenters. The summed E-state index contributed by atoms with van der Waals surface area (Å²) in [5, 5.41) is 8.27. The lowest BCUT2D eigenvalue weighted by Crippen LogP contribution is -2.49. The number of benzene rings is 2. The van der Waals surface area contributed by atoms with Crippen LogP contribution in [0.4, 0.5) is 32.4 Å². The highest BCUT2D eigenvalue weighted by Gasteiger charge is 2.38. The van der Waals surface area contributed by atoms with Crippen molar-refractivity contribution < 1.29 is 26.7 Å². The average Bonchev–Trinajstić information content (AvgIpc) is 2.80. The van der Waals surface area contributed by atoms with Gasteiger partial charge in [0.1, 0.15) is 11.6 Å². The van der Waals surface area contributed by atoms with Crippen LogP contribution in [0.15, 0.2) is 65.8 Å². The molecule has 2 atom stereocenters. The molecule has 0 spiro atoms. The molecule has 3 N–H and O–H groups in total. The Labute approximate surface area is 220 Å². The zero-order valence-corrected chi connectivity index (χ0v) is 22.2. The number of hydrogen-bond acceptors (Lipinski definition) is 2. The van der Waals surface area contributed by atoms with Crippen LogP contribution in [0.2, 0.25) is 0 Å². The molecule has 0 aliphatic carbocycles. The molecule has 2 amide bonds. The third-order valence-corrected chi connectivity index (χ3v) is 5.41. The lowest BCUT2D eigenvalue weighted by Gasteiger charge is -2.36. The Morgan fingerprint density at radius 3 is 2.22 bits per heavy atom. The quantitative estimate of drug-likeness (QED) is 0.231. The summed E-state index contributed by atoms with van der Waals surface area (Å²) in [6.07, 6.45) is 1.09. The second kappa shape index (κ2) is 14.6. The van der Waals surface area contributed by atoms with Gasteiger partial charge in [0.25, 0.3) is 0 Å². The molecular formula is C27H33ClF5N3O. The second-order valence-electron chi connectivity index (χ2n) is 8.46. The summed E-state index contributed by atoms with van der Waals surface area (Å²) in [6.45, 7) is 9.84. The third-order valence-electron chi connectivity index (χ3n) is 5.18. The van der Waals surface area contributed by atoms with Crippen LogP contribution < -0.4 is 16.0 Å². The Kier molecular flexibility index (Phi) is 12.6. The van der Waals surface area contributed by atoms with Gasteiger partial charge in [0.2, 0.25) is 0 Å². The average molecular weight is 546 g/mol. The molecule has 2 rings (SSSR count). The molecule has 0 aliphatic heterocycles. The molecule has 2 aromatic rings. The Bertz CT molecular complexity index is 1090. The van der Waals surface area contributed by atoms with Crippen LogP contribution >= 0.6 is 11.6 Å². The van der Waals surface area contributed by atoms with Crippen molar-refractivity contribution in [3.05, 3.63) is 88.6 Å². The summed E-state index contributed by atoms with van der Waals surface area (Å²) in [5.41, 5.74) is -2.68. The van der Waals surface area contributed by atoms with Gasteiger partial charge in [-0.1, -0.05) is 50.9 Å². The van der Waals surface area contributed by atoms with Gasteiger partial charge < -0.3 is 16.0 Å². The highest BCUT2D eigenvalue weighted by Crippen LogP contribution is 2.36. The van der Waals surface area contributed by atoms with E-state index in [0.29, 0.717) is 17.6 Å². The molecule has 10 heteroatoms. The number of carbonyl (C=O) groups excluding carboxylic acids is 1. The van der Waals surface area contributed by atoms with Crippen LogP contribution in [0, 0.1) is 17.6 Å². The molecule has 2 aromatic carbocycles. The number of amides is 2. The van der Waals surface area contributed by atoms with Gasteiger partial charge in [0, 0.05) is 24.4 Å². The SMILES string of the molecule is CCC.CCN/C=C(Cl)\C=C/C(C)[C@@](C)(NC(=O)Nc1cccc(F)c1)c1cc(F)cc(C(F)(F)F)c1. The van der Waals surface area contributed by atoms with E-state index in [2.05, 4.69) is 29.8 Å². The number of carbonyl (C=O) groups is 1. The molecule has 37 heavy (non-hydrogen) atoms. The van der Waals surface area contributed by atoms with Crippen molar-refractivity contribution in [3.63, 3.8) is 0 Å². The summed E-state index contributed by atoms with van der Waals surface area (Å²) in [7, 11) is 0. The molecular weight excluding hydrogens is 513 g/mol. The monoisotopic (exact) mass is 545 g/mol. The first-order valence-corrected chi connectivity index (χ1v) is 12.1. The maximum Gasteiger partial charge on any atom is 0.416 e. The van der Waals surface area contributed by atoms with E-state index in [-0.39, 0.29) is 11.3 Å². The predicted octanol–water partition coefficient (Wildman–Crippen LogP) is 8.32. The van der Waals surface area contributed by atoms with E-state index in [4.69, 9.17) is 11.6 Å². The van der Waals surface area contributed by atoms with Crippen molar-refractivity contribution in [2.45, 2.75) is 52.8 Å². The van der Waals surface area contributed by atoms with Crippen LogP contribution in [0.25, 0.3) is 0 Å². The molecule has 0 heterocycles.